The van der Waals surface area contributed by atoms with E-state index in [0.717, 1.165) is 35.5 Å². The van der Waals surface area contributed by atoms with Crippen molar-refractivity contribution < 1.29 is 9.53 Å². The van der Waals surface area contributed by atoms with Crippen molar-refractivity contribution in [2.24, 2.45) is 0 Å². The second kappa shape index (κ2) is 8.18. The average Bonchev–Trinajstić information content (AvgIpc) is 3.01. The van der Waals surface area contributed by atoms with Gasteiger partial charge in [0.05, 0.1) is 0 Å². The summed E-state index contributed by atoms with van der Waals surface area (Å²) in [5.41, 5.74) is 5.95. The molecule has 0 spiro atoms. The summed E-state index contributed by atoms with van der Waals surface area (Å²) in [5.74, 6) is 0.660. The molecule has 0 fully saturated rings. The predicted octanol–water partition coefficient (Wildman–Crippen LogP) is 3.02. The van der Waals surface area contributed by atoms with Gasteiger partial charge in [-0.25, -0.2) is 0 Å². The van der Waals surface area contributed by atoms with Crippen molar-refractivity contribution in [1.82, 2.24) is 10.6 Å². The zero-order valence-electron chi connectivity index (χ0n) is 14.0. The van der Waals surface area contributed by atoms with Crippen LogP contribution in [0.1, 0.15) is 27.8 Å². The smallest absolute Gasteiger partial charge is 0.258 e. The maximum Gasteiger partial charge on any atom is 0.258 e. The first-order valence-corrected chi connectivity index (χ1v) is 7.90. The van der Waals surface area contributed by atoms with E-state index in [4.69, 9.17) is 4.74 Å². The SMILES string of the molecule is Cc1ccc(C)c(OCC(=O)NCc2ccc3c(c2)CNC3)c1.Cl. The lowest BCUT2D eigenvalue weighted by Crippen LogP contribution is -2.28. The van der Waals surface area contributed by atoms with Crippen LogP contribution < -0.4 is 15.4 Å². The number of rotatable bonds is 5. The number of benzene rings is 2. The van der Waals surface area contributed by atoms with Crippen LogP contribution in [0.15, 0.2) is 36.4 Å². The molecule has 2 aromatic rings. The maximum atomic E-state index is 12.0. The van der Waals surface area contributed by atoms with E-state index in [0.29, 0.717) is 6.54 Å². The lowest BCUT2D eigenvalue weighted by Gasteiger charge is -2.11. The molecule has 1 aliphatic rings. The van der Waals surface area contributed by atoms with Gasteiger partial charge in [-0.3, -0.25) is 4.79 Å². The Kier molecular flexibility index (Phi) is 6.23. The highest BCUT2D eigenvalue weighted by molar-refractivity contribution is 5.85. The number of amides is 1. The number of hydrogen-bond acceptors (Lipinski definition) is 3. The Balaban J connectivity index is 0.00000208. The molecule has 0 aliphatic carbocycles. The molecule has 0 bridgehead atoms. The van der Waals surface area contributed by atoms with E-state index in [1.165, 1.54) is 11.1 Å². The zero-order chi connectivity index (χ0) is 16.2. The summed E-state index contributed by atoms with van der Waals surface area (Å²) < 4.78 is 5.62. The summed E-state index contributed by atoms with van der Waals surface area (Å²) in [5, 5.41) is 6.23. The Hall–Kier alpha value is -2.04. The number of nitrogens with one attached hydrogen (secondary N) is 2. The third-order valence-electron chi connectivity index (χ3n) is 4.09. The first kappa shape index (κ1) is 18.3. The molecule has 0 atom stereocenters. The quantitative estimate of drug-likeness (QED) is 0.875. The second-order valence-electron chi connectivity index (χ2n) is 6.04. The molecule has 0 radical (unpaired) electrons. The van der Waals surface area contributed by atoms with Crippen molar-refractivity contribution in [2.45, 2.75) is 33.5 Å². The van der Waals surface area contributed by atoms with E-state index in [2.05, 4.69) is 28.8 Å². The number of aryl methyl sites for hydroxylation is 2. The van der Waals surface area contributed by atoms with Gasteiger partial charge in [-0.15, -0.1) is 12.4 Å². The molecule has 1 aliphatic heterocycles. The molecular weight excluding hydrogens is 324 g/mol. The van der Waals surface area contributed by atoms with Crippen molar-refractivity contribution >= 4 is 18.3 Å². The third kappa shape index (κ3) is 4.49. The normalized spacial score (nSPS) is 12.2. The van der Waals surface area contributed by atoms with Gasteiger partial charge in [0.15, 0.2) is 6.61 Å². The van der Waals surface area contributed by atoms with E-state index in [1.807, 2.05) is 32.0 Å². The Morgan fingerprint density at radius 3 is 2.75 bits per heavy atom. The Labute approximate surface area is 149 Å². The van der Waals surface area contributed by atoms with Crippen molar-refractivity contribution in [1.29, 1.82) is 0 Å². The topological polar surface area (TPSA) is 50.4 Å². The molecule has 1 amide bonds. The van der Waals surface area contributed by atoms with E-state index in [-0.39, 0.29) is 24.9 Å². The van der Waals surface area contributed by atoms with E-state index in [9.17, 15) is 4.79 Å². The van der Waals surface area contributed by atoms with Crippen molar-refractivity contribution in [3.63, 3.8) is 0 Å². The van der Waals surface area contributed by atoms with Crippen LogP contribution in [0.4, 0.5) is 0 Å². The number of carbonyl (C=O) groups is 1. The van der Waals surface area contributed by atoms with Crippen LogP contribution in [0.3, 0.4) is 0 Å². The van der Waals surface area contributed by atoms with Gasteiger partial charge in [-0.1, -0.05) is 30.3 Å². The summed E-state index contributed by atoms with van der Waals surface area (Å²) in [6, 6.07) is 12.3. The van der Waals surface area contributed by atoms with Gasteiger partial charge in [0.2, 0.25) is 0 Å². The average molecular weight is 347 g/mol. The van der Waals surface area contributed by atoms with E-state index >= 15 is 0 Å². The summed E-state index contributed by atoms with van der Waals surface area (Å²) in [6.07, 6.45) is 0. The van der Waals surface area contributed by atoms with Crippen LogP contribution in [-0.2, 0) is 24.4 Å². The molecule has 0 aromatic heterocycles. The fraction of sp³-hybridized carbons (Fsp3) is 0.316. The summed E-state index contributed by atoms with van der Waals surface area (Å²) in [4.78, 5) is 12.0. The fourth-order valence-corrected chi connectivity index (χ4v) is 2.72. The molecule has 4 nitrogen and oxygen atoms in total. The minimum Gasteiger partial charge on any atom is -0.483 e. The van der Waals surface area contributed by atoms with E-state index in [1.54, 1.807) is 0 Å². The number of halogens is 1. The fourth-order valence-electron chi connectivity index (χ4n) is 2.72. The zero-order valence-corrected chi connectivity index (χ0v) is 14.8. The van der Waals surface area contributed by atoms with Gasteiger partial charge in [-0.05, 0) is 47.7 Å². The Morgan fingerprint density at radius 1 is 1.12 bits per heavy atom. The number of hydrogen-bond donors (Lipinski definition) is 2. The van der Waals surface area contributed by atoms with Crippen LogP contribution in [0, 0.1) is 13.8 Å². The van der Waals surface area contributed by atoms with Crippen molar-refractivity contribution in [3.05, 3.63) is 64.2 Å². The molecule has 1 heterocycles. The highest BCUT2D eigenvalue weighted by Crippen LogP contribution is 2.19. The largest absolute Gasteiger partial charge is 0.483 e. The standard InChI is InChI=1S/C19H22N2O2.ClH/c1-13-3-4-14(2)18(7-13)23-12-19(22)21-9-15-5-6-16-10-20-11-17(16)8-15;/h3-8,20H,9-12H2,1-2H3,(H,21,22);1H. The van der Waals surface area contributed by atoms with Gasteiger partial charge in [-0.2, -0.15) is 0 Å². The molecule has 0 unspecified atom stereocenters. The van der Waals surface area contributed by atoms with Crippen LogP contribution in [0.2, 0.25) is 0 Å². The second-order valence-corrected chi connectivity index (χ2v) is 6.04. The van der Waals surface area contributed by atoms with Crippen molar-refractivity contribution in [3.8, 4) is 5.75 Å². The maximum absolute atomic E-state index is 12.0. The first-order chi connectivity index (χ1) is 11.1. The molecule has 0 saturated heterocycles. The van der Waals surface area contributed by atoms with Crippen molar-refractivity contribution in [2.75, 3.05) is 6.61 Å². The monoisotopic (exact) mass is 346 g/mol. The number of carbonyl (C=O) groups excluding carboxylic acids is 1. The highest BCUT2D eigenvalue weighted by Gasteiger charge is 2.10. The highest BCUT2D eigenvalue weighted by atomic mass is 35.5. The predicted molar refractivity (Wildman–Crippen MR) is 97.5 cm³/mol. The molecule has 3 rings (SSSR count). The summed E-state index contributed by atoms with van der Waals surface area (Å²) in [6.45, 7) is 6.40. The third-order valence-corrected chi connectivity index (χ3v) is 4.09. The molecule has 5 heteroatoms. The van der Waals surface area contributed by atoms with Gasteiger partial charge in [0, 0.05) is 19.6 Å². The lowest BCUT2D eigenvalue weighted by molar-refractivity contribution is -0.123. The molecule has 2 aromatic carbocycles. The molecular formula is C19H23ClN2O2. The van der Waals surface area contributed by atoms with Crippen LogP contribution >= 0.6 is 12.4 Å². The number of fused-ring (bicyclic) bond motifs is 1. The van der Waals surface area contributed by atoms with Crippen LogP contribution in [0.5, 0.6) is 5.75 Å². The minimum atomic E-state index is -0.107. The van der Waals surface area contributed by atoms with Crippen LogP contribution in [0.25, 0.3) is 0 Å². The molecule has 24 heavy (non-hydrogen) atoms. The summed E-state index contributed by atoms with van der Waals surface area (Å²) in [7, 11) is 0. The lowest BCUT2D eigenvalue weighted by atomic mass is 10.1. The van der Waals surface area contributed by atoms with E-state index < -0.39 is 0 Å². The minimum absolute atomic E-state index is 0. The number of ether oxygens (including phenoxy) is 1. The molecule has 128 valence electrons. The van der Waals surface area contributed by atoms with Gasteiger partial charge >= 0.3 is 0 Å². The summed E-state index contributed by atoms with van der Waals surface area (Å²) >= 11 is 0. The molecule has 2 N–H and O–H groups in total. The first-order valence-electron chi connectivity index (χ1n) is 7.90. The molecule has 0 saturated carbocycles. The Bertz CT molecular complexity index is 731. The van der Waals surface area contributed by atoms with Gasteiger partial charge in [0.1, 0.15) is 5.75 Å². The Morgan fingerprint density at radius 2 is 1.92 bits per heavy atom. The van der Waals surface area contributed by atoms with Crippen LogP contribution in [-0.4, -0.2) is 12.5 Å². The van der Waals surface area contributed by atoms with Gasteiger partial charge < -0.3 is 15.4 Å². The van der Waals surface area contributed by atoms with Gasteiger partial charge in [0.25, 0.3) is 5.91 Å².